The minimum Gasteiger partial charge on any atom is -0.497 e. The van der Waals surface area contributed by atoms with Gasteiger partial charge in [0.15, 0.2) is 0 Å². The summed E-state index contributed by atoms with van der Waals surface area (Å²) in [6.45, 7) is 2.85. The normalized spacial score (nSPS) is 11.7. The first-order valence-electron chi connectivity index (χ1n) is 11.1. The number of imidazole rings is 1. The second-order valence-electron chi connectivity index (χ2n) is 8.12. The first-order valence-corrected chi connectivity index (χ1v) is 12.6. The topological polar surface area (TPSA) is 103 Å². The highest BCUT2D eigenvalue weighted by Crippen LogP contribution is 2.26. The number of aryl methyl sites for hydroxylation is 2. The molecule has 3 aromatic rings. The Bertz CT molecular complexity index is 1250. The Labute approximate surface area is 200 Å². The second kappa shape index (κ2) is 10.9. The van der Waals surface area contributed by atoms with E-state index in [0.29, 0.717) is 29.1 Å². The van der Waals surface area contributed by atoms with Gasteiger partial charge in [0.1, 0.15) is 17.3 Å². The van der Waals surface area contributed by atoms with Gasteiger partial charge in [0.2, 0.25) is 15.9 Å². The molecule has 0 fully saturated rings. The van der Waals surface area contributed by atoms with Crippen molar-refractivity contribution in [2.45, 2.75) is 44.0 Å². The molecule has 1 amide bonds. The molecular weight excluding hydrogens is 456 g/mol. The molecule has 9 nitrogen and oxygen atoms in total. The number of unbranched alkanes of at least 4 members (excludes halogenated alkanes) is 1. The standard InChI is InChI=1S/C24H32N4O5S/c1-6-7-12-28-22-9-8-20(34(30,31)27(2)3)16-21(22)26-23(28)10-11-24(29)25-17-13-18(32-4)15-19(14-17)33-5/h8-9,13-16H,6-7,10-12H2,1-5H3,(H,25,29). The zero-order valence-electron chi connectivity index (χ0n) is 20.3. The predicted molar refractivity (Wildman–Crippen MR) is 132 cm³/mol. The van der Waals surface area contributed by atoms with E-state index in [2.05, 4.69) is 16.8 Å². The van der Waals surface area contributed by atoms with Crippen LogP contribution in [0.1, 0.15) is 32.0 Å². The van der Waals surface area contributed by atoms with Gasteiger partial charge >= 0.3 is 0 Å². The summed E-state index contributed by atoms with van der Waals surface area (Å²) in [6, 6.07) is 10.2. The first kappa shape index (κ1) is 25.5. The van der Waals surface area contributed by atoms with Crippen LogP contribution < -0.4 is 14.8 Å². The van der Waals surface area contributed by atoms with Crippen molar-refractivity contribution in [1.82, 2.24) is 13.9 Å². The molecule has 10 heteroatoms. The van der Waals surface area contributed by atoms with Gasteiger partial charge < -0.3 is 19.4 Å². The van der Waals surface area contributed by atoms with Crippen molar-refractivity contribution in [3.63, 3.8) is 0 Å². The molecule has 0 radical (unpaired) electrons. The van der Waals surface area contributed by atoms with Crippen molar-refractivity contribution in [2.24, 2.45) is 0 Å². The van der Waals surface area contributed by atoms with Crippen LogP contribution >= 0.6 is 0 Å². The molecule has 0 saturated carbocycles. The molecule has 1 N–H and O–H groups in total. The van der Waals surface area contributed by atoms with E-state index in [9.17, 15) is 13.2 Å². The summed E-state index contributed by atoms with van der Waals surface area (Å²) in [5, 5.41) is 2.88. The number of hydrogen-bond donors (Lipinski definition) is 1. The minimum absolute atomic E-state index is 0.166. The third kappa shape index (κ3) is 5.68. The molecule has 0 aliphatic heterocycles. The van der Waals surface area contributed by atoms with E-state index in [-0.39, 0.29) is 17.2 Å². The number of nitrogens with one attached hydrogen (secondary N) is 1. The number of ether oxygens (including phenoxy) is 2. The van der Waals surface area contributed by atoms with E-state index >= 15 is 0 Å². The Balaban J connectivity index is 1.83. The Morgan fingerprint density at radius 1 is 1.09 bits per heavy atom. The number of nitrogens with zero attached hydrogens (tertiary/aromatic N) is 3. The number of fused-ring (bicyclic) bond motifs is 1. The van der Waals surface area contributed by atoms with Crippen LogP contribution in [0.25, 0.3) is 11.0 Å². The van der Waals surface area contributed by atoms with Gasteiger partial charge in [-0.05, 0) is 24.6 Å². The van der Waals surface area contributed by atoms with Gasteiger partial charge in [0.25, 0.3) is 0 Å². The molecule has 0 saturated heterocycles. The molecule has 0 spiro atoms. The zero-order chi connectivity index (χ0) is 24.9. The SMILES string of the molecule is CCCCn1c(CCC(=O)Nc2cc(OC)cc(OC)c2)nc2cc(S(=O)(=O)N(C)C)ccc21. The Morgan fingerprint density at radius 2 is 1.76 bits per heavy atom. The van der Waals surface area contributed by atoms with Gasteiger partial charge in [0.05, 0.1) is 30.1 Å². The lowest BCUT2D eigenvalue weighted by molar-refractivity contribution is -0.116. The highest BCUT2D eigenvalue weighted by molar-refractivity contribution is 7.89. The van der Waals surface area contributed by atoms with Crippen molar-refractivity contribution in [2.75, 3.05) is 33.6 Å². The highest BCUT2D eigenvalue weighted by Gasteiger charge is 2.20. The van der Waals surface area contributed by atoms with Crippen molar-refractivity contribution in [1.29, 1.82) is 0 Å². The number of aromatic nitrogens is 2. The van der Waals surface area contributed by atoms with Gasteiger partial charge in [-0.3, -0.25) is 4.79 Å². The van der Waals surface area contributed by atoms with Gasteiger partial charge in [-0.25, -0.2) is 17.7 Å². The summed E-state index contributed by atoms with van der Waals surface area (Å²) < 4.78 is 38.8. The summed E-state index contributed by atoms with van der Waals surface area (Å²) in [7, 11) is 2.55. The van der Waals surface area contributed by atoms with Crippen LogP contribution in [-0.2, 0) is 27.8 Å². The number of benzene rings is 2. The summed E-state index contributed by atoms with van der Waals surface area (Å²) in [6.07, 6.45) is 2.59. The van der Waals surface area contributed by atoms with Crippen LogP contribution in [0.2, 0.25) is 0 Å². The smallest absolute Gasteiger partial charge is 0.242 e. The molecule has 2 aromatic carbocycles. The molecule has 0 aliphatic rings. The molecule has 3 rings (SSSR count). The maximum Gasteiger partial charge on any atom is 0.242 e. The summed E-state index contributed by atoms with van der Waals surface area (Å²) >= 11 is 0. The molecule has 0 atom stereocenters. The number of rotatable bonds is 11. The fourth-order valence-electron chi connectivity index (χ4n) is 3.62. The van der Waals surface area contributed by atoms with Crippen molar-refractivity contribution in [3.05, 3.63) is 42.2 Å². The molecule has 34 heavy (non-hydrogen) atoms. The van der Waals surface area contributed by atoms with Crippen molar-refractivity contribution in [3.8, 4) is 11.5 Å². The molecule has 1 aromatic heterocycles. The first-order chi connectivity index (χ1) is 16.2. The van der Waals surface area contributed by atoms with Gasteiger partial charge in [-0.2, -0.15) is 0 Å². The van der Waals surface area contributed by atoms with Crippen LogP contribution in [0.4, 0.5) is 5.69 Å². The lowest BCUT2D eigenvalue weighted by atomic mass is 10.2. The zero-order valence-corrected chi connectivity index (χ0v) is 21.1. The fourth-order valence-corrected chi connectivity index (χ4v) is 4.54. The van der Waals surface area contributed by atoms with E-state index in [0.717, 1.165) is 30.7 Å². The third-order valence-corrected chi connectivity index (χ3v) is 7.33. The van der Waals surface area contributed by atoms with E-state index in [4.69, 9.17) is 14.5 Å². The minimum atomic E-state index is -3.56. The Morgan fingerprint density at radius 3 is 2.35 bits per heavy atom. The maximum atomic E-state index is 12.7. The predicted octanol–water partition coefficient (Wildman–Crippen LogP) is 3.68. The number of amides is 1. The van der Waals surface area contributed by atoms with E-state index in [1.165, 1.54) is 18.4 Å². The maximum absolute atomic E-state index is 12.7. The average molecular weight is 489 g/mol. The highest BCUT2D eigenvalue weighted by atomic mass is 32.2. The molecule has 0 aliphatic carbocycles. The largest absolute Gasteiger partial charge is 0.497 e. The van der Waals surface area contributed by atoms with Crippen LogP contribution in [0, 0.1) is 0 Å². The quantitative estimate of drug-likeness (QED) is 0.442. The average Bonchev–Trinajstić information content (AvgIpc) is 3.17. The molecule has 0 unspecified atom stereocenters. The Hall–Kier alpha value is -3.11. The van der Waals surface area contributed by atoms with Crippen LogP contribution in [-0.4, -0.2) is 56.5 Å². The van der Waals surface area contributed by atoms with E-state index in [1.54, 1.807) is 50.6 Å². The number of anilines is 1. The van der Waals surface area contributed by atoms with E-state index in [1.807, 2.05) is 0 Å². The van der Waals surface area contributed by atoms with Crippen molar-refractivity contribution >= 4 is 32.7 Å². The monoisotopic (exact) mass is 488 g/mol. The number of methoxy groups -OCH3 is 2. The van der Waals surface area contributed by atoms with Crippen LogP contribution in [0.5, 0.6) is 11.5 Å². The third-order valence-electron chi connectivity index (χ3n) is 5.52. The molecular formula is C24H32N4O5S. The van der Waals surface area contributed by atoms with E-state index < -0.39 is 10.0 Å². The lowest BCUT2D eigenvalue weighted by Crippen LogP contribution is -2.22. The number of carbonyl (C=O) groups excluding carboxylic acids is 1. The fraction of sp³-hybridized carbons (Fsp3) is 0.417. The van der Waals surface area contributed by atoms with Crippen LogP contribution in [0.15, 0.2) is 41.3 Å². The summed E-state index contributed by atoms with van der Waals surface area (Å²) in [4.78, 5) is 17.6. The number of carbonyl (C=O) groups is 1. The number of hydrogen-bond acceptors (Lipinski definition) is 6. The van der Waals surface area contributed by atoms with Crippen LogP contribution in [0.3, 0.4) is 0 Å². The van der Waals surface area contributed by atoms with Gasteiger partial charge in [-0.1, -0.05) is 13.3 Å². The molecule has 184 valence electrons. The molecule has 1 heterocycles. The lowest BCUT2D eigenvalue weighted by Gasteiger charge is -2.12. The second-order valence-corrected chi connectivity index (χ2v) is 10.3. The Kier molecular flexibility index (Phi) is 8.16. The summed E-state index contributed by atoms with van der Waals surface area (Å²) in [5.41, 5.74) is 2.05. The van der Waals surface area contributed by atoms with Gasteiger partial charge in [-0.15, -0.1) is 0 Å². The van der Waals surface area contributed by atoms with Gasteiger partial charge in [0, 0.05) is 57.4 Å². The summed E-state index contributed by atoms with van der Waals surface area (Å²) in [5.74, 6) is 1.75. The van der Waals surface area contributed by atoms with Crippen molar-refractivity contribution < 1.29 is 22.7 Å². The number of sulfonamides is 1. The molecule has 0 bridgehead atoms.